The molecule has 0 bridgehead atoms. The van der Waals surface area contributed by atoms with Gasteiger partial charge in [-0.15, -0.1) is 0 Å². The molecule has 1 aromatic carbocycles. The van der Waals surface area contributed by atoms with E-state index in [2.05, 4.69) is 43.1 Å². The second kappa shape index (κ2) is 8.43. The maximum atomic E-state index is 13.4. The molecular formula is C25H30N6O. The van der Waals surface area contributed by atoms with Gasteiger partial charge in [0.1, 0.15) is 17.3 Å². The van der Waals surface area contributed by atoms with Gasteiger partial charge in [-0.3, -0.25) is 4.79 Å². The number of fused-ring (bicyclic) bond motifs is 1. The van der Waals surface area contributed by atoms with Gasteiger partial charge in [-0.2, -0.15) is 0 Å². The number of carbonyl (C=O) groups excluding carboxylic acids is 1. The molecule has 1 aliphatic heterocycles. The van der Waals surface area contributed by atoms with Crippen molar-refractivity contribution >= 4 is 28.3 Å². The summed E-state index contributed by atoms with van der Waals surface area (Å²) in [6.07, 6.45) is 4.82. The first-order valence-corrected chi connectivity index (χ1v) is 10.9. The standard InChI is InChI=1S/C25H26N6O.2H2/c1-30-16-20(18-6-2-3-8-22(18)30)17-14-19(25(26)28-15-17)24(32)21-7-4-9-23(29-21)31-12-5-10-27-11-13-31;;/h2-4,6-9,14-16,27H,5,10-13H2,1H3,(H2,26,28);2*1H. The first-order chi connectivity index (χ1) is 15.6. The largest absolute Gasteiger partial charge is 0.383 e. The number of ketones is 1. The van der Waals surface area contributed by atoms with Crippen LogP contribution in [0.2, 0.25) is 0 Å². The number of nitrogens with zero attached hydrogens (tertiary/aromatic N) is 4. The molecule has 0 atom stereocenters. The number of para-hydroxylation sites is 1. The first kappa shape index (κ1) is 20.2. The Hall–Kier alpha value is -3.71. The summed E-state index contributed by atoms with van der Waals surface area (Å²) in [7, 11) is 2.01. The van der Waals surface area contributed by atoms with Crippen LogP contribution >= 0.6 is 0 Å². The van der Waals surface area contributed by atoms with Crippen LogP contribution in [-0.4, -0.2) is 46.5 Å². The highest BCUT2D eigenvalue weighted by Crippen LogP contribution is 2.31. The summed E-state index contributed by atoms with van der Waals surface area (Å²) in [4.78, 5) is 24.6. The van der Waals surface area contributed by atoms with Gasteiger partial charge in [0.05, 0.1) is 5.56 Å². The Kier molecular flexibility index (Phi) is 5.33. The van der Waals surface area contributed by atoms with E-state index >= 15 is 0 Å². The van der Waals surface area contributed by atoms with E-state index in [9.17, 15) is 4.79 Å². The van der Waals surface area contributed by atoms with Gasteiger partial charge in [0.25, 0.3) is 0 Å². The molecule has 7 nitrogen and oxygen atoms in total. The molecule has 4 aromatic rings. The first-order valence-electron chi connectivity index (χ1n) is 10.9. The minimum absolute atomic E-state index is 0. The smallest absolute Gasteiger partial charge is 0.215 e. The molecule has 0 aliphatic carbocycles. The predicted octanol–water partition coefficient (Wildman–Crippen LogP) is 3.74. The number of pyridine rings is 2. The van der Waals surface area contributed by atoms with Crippen LogP contribution in [0.5, 0.6) is 0 Å². The van der Waals surface area contributed by atoms with Crippen molar-refractivity contribution in [3.05, 3.63) is 72.2 Å². The third-order valence-electron chi connectivity index (χ3n) is 6.00. The van der Waals surface area contributed by atoms with Gasteiger partial charge in [-0.25, -0.2) is 9.97 Å². The summed E-state index contributed by atoms with van der Waals surface area (Å²) in [5.41, 5.74) is 9.88. The molecule has 1 saturated heterocycles. The number of benzene rings is 1. The van der Waals surface area contributed by atoms with Gasteiger partial charge in [-0.05, 0) is 37.2 Å². The Balaban J connectivity index is 0.00000162. The highest BCUT2D eigenvalue weighted by atomic mass is 16.1. The second-order valence-corrected chi connectivity index (χ2v) is 8.13. The van der Waals surface area contributed by atoms with E-state index in [0.29, 0.717) is 11.3 Å². The predicted molar refractivity (Wildman–Crippen MR) is 132 cm³/mol. The molecular weight excluding hydrogens is 400 g/mol. The number of nitrogens with one attached hydrogen (secondary N) is 1. The van der Waals surface area contributed by atoms with E-state index in [4.69, 9.17) is 5.73 Å². The summed E-state index contributed by atoms with van der Waals surface area (Å²) >= 11 is 0. The number of carbonyl (C=O) groups is 1. The maximum Gasteiger partial charge on any atom is 0.215 e. The van der Waals surface area contributed by atoms with Crippen LogP contribution in [0.1, 0.15) is 25.3 Å². The van der Waals surface area contributed by atoms with Gasteiger partial charge in [0.2, 0.25) is 5.78 Å². The molecule has 0 amide bonds. The number of anilines is 2. The number of hydrogen-bond donors (Lipinski definition) is 2. The van der Waals surface area contributed by atoms with Crippen molar-refractivity contribution in [2.45, 2.75) is 6.42 Å². The van der Waals surface area contributed by atoms with Gasteiger partial charge in [0.15, 0.2) is 0 Å². The molecule has 0 spiro atoms. The zero-order chi connectivity index (χ0) is 22.1. The average Bonchev–Trinajstić information content (AvgIpc) is 2.99. The minimum atomic E-state index is -0.216. The van der Waals surface area contributed by atoms with Crippen molar-refractivity contribution in [1.82, 2.24) is 19.9 Å². The Labute approximate surface area is 189 Å². The fraction of sp³-hybridized carbons (Fsp3) is 0.240. The van der Waals surface area contributed by atoms with Crippen LogP contribution in [0.25, 0.3) is 22.0 Å². The lowest BCUT2D eigenvalue weighted by atomic mass is 10.0. The van der Waals surface area contributed by atoms with Crippen molar-refractivity contribution in [1.29, 1.82) is 0 Å². The lowest BCUT2D eigenvalue weighted by molar-refractivity contribution is 0.103. The van der Waals surface area contributed by atoms with Gasteiger partial charge in [-0.1, -0.05) is 24.3 Å². The van der Waals surface area contributed by atoms with Crippen molar-refractivity contribution in [3.8, 4) is 11.1 Å². The van der Waals surface area contributed by atoms with E-state index in [1.807, 2.05) is 37.4 Å². The zero-order valence-corrected chi connectivity index (χ0v) is 18.1. The summed E-state index contributed by atoms with van der Waals surface area (Å²) in [5.74, 6) is 0.813. The Morgan fingerprint density at radius 2 is 2.00 bits per heavy atom. The van der Waals surface area contributed by atoms with Crippen LogP contribution in [0.3, 0.4) is 0 Å². The molecule has 1 fully saturated rings. The van der Waals surface area contributed by atoms with Crippen molar-refractivity contribution in [2.75, 3.05) is 36.8 Å². The number of nitrogens with two attached hydrogens (primary N) is 1. The van der Waals surface area contributed by atoms with E-state index in [-0.39, 0.29) is 14.5 Å². The molecule has 5 rings (SSSR count). The molecule has 1 aliphatic rings. The summed E-state index contributed by atoms with van der Waals surface area (Å²) < 4.78 is 2.07. The van der Waals surface area contributed by atoms with Gasteiger partial charge < -0.3 is 20.5 Å². The molecule has 0 radical (unpaired) electrons. The SMILES string of the molecule is Cn1cc(-c2cnc(N)c(C(=O)c3cccc(N4CCCNCC4)n3)c2)c2ccccc21.[HH].[HH]. The topological polar surface area (TPSA) is 89.1 Å². The van der Waals surface area contributed by atoms with E-state index in [1.54, 1.807) is 12.3 Å². The van der Waals surface area contributed by atoms with Crippen LogP contribution < -0.4 is 16.0 Å². The molecule has 0 saturated carbocycles. The number of hydrogen-bond acceptors (Lipinski definition) is 6. The van der Waals surface area contributed by atoms with E-state index < -0.39 is 0 Å². The van der Waals surface area contributed by atoms with Crippen molar-refractivity contribution < 1.29 is 7.65 Å². The molecule has 4 heterocycles. The highest BCUT2D eigenvalue weighted by Gasteiger charge is 2.19. The van der Waals surface area contributed by atoms with Crippen LogP contribution in [0.15, 0.2) is 60.9 Å². The third-order valence-corrected chi connectivity index (χ3v) is 6.00. The number of aromatic nitrogens is 3. The monoisotopic (exact) mass is 430 g/mol. The lowest BCUT2D eigenvalue weighted by Crippen LogP contribution is -2.29. The zero-order valence-electron chi connectivity index (χ0n) is 18.1. The van der Waals surface area contributed by atoms with Gasteiger partial charge >= 0.3 is 0 Å². The van der Waals surface area contributed by atoms with Gasteiger partial charge in [0, 0.05) is 64.0 Å². The normalized spacial score (nSPS) is 14.5. The van der Waals surface area contributed by atoms with Crippen LogP contribution in [0.4, 0.5) is 11.6 Å². The Bertz CT molecular complexity index is 1300. The summed E-state index contributed by atoms with van der Waals surface area (Å²) in [6.45, 7) is 3.69. The van der Waals surface area contributed by atoms with Crippen molar-refractivity contribution in [2.24, 2.45) is 7.05 Å². The second-order valence-electron chi connectivity index (χ2n) is 8.13. The molecule has 3 aromatic heterocycles. The molecule has 0 unspecified atom stereocenters. The van der Waals surface area contributed by atoms with Crippen molar-refractivity contribution in [3.63, 3.8) is 0 Å². The molecule has 166 valence electrons. The summed E-state index contributed by atoms with van der Waals surface area (Å²) in [5, 5.41) is 4.50. The number of rotatable bonds is 4. The minimum Gasteiger partial charge on any atom is -0.383 e. The molecule has 32 heavy (non-hydrogen) atoms. The number of nitrogen functional groups attached to an aromatic ring is 1. The Morgan fingerprint density at radius 1 is 1.12 bits per heavy atom. The van der Waals surface area contributed by atoms with E-state index in [0.717, 1.165) is 60.4 Å². The molecule has 3 N–H and O–H groups in total. The number of aryl methyl sites for hydroxylation is 1. The quantitative estimate of drug-likeness (QED) is 0.480. The maximum absolute atomic E-state index is 13.4. The van der Waals surface area contributed by atoms with Crippen LogP contribution in [0, 0.1) is 0 Å². The van der Waals surface area contributed by atoms with Crippen LogP contribution in [-0.2, 0) is 7.05 Å². The average molecular weight is 431 g/mol. The fourth-order valence-corrected chi connectivity index (χ4v) is 4.31. The highest BCUT2D eigenvalue weighted by molar-refractivity contribution is 6.11. The van der Waals surface area contributed by atoms with E-state index in [1.165, 1.54) is 0 Å². The third kappa shape index (κ3) is 3.71. The molecule has 7 heteroatoms. The summed E-state index contributed by atoms with van der Waals surface area (Å²) in [6, 6.07) is 15.6. The lowest BCUT2D eigenvalue weighted by Gasteiger charge is -2.21. The fourth-order valence-electron chi connectivity index (χ4n) is 4.31. The Morgan fingerprint density at radius 3 is 2.91 bits per heavy atom.